The smallest absolute Gasteiger partial charge is 0.0672 e. The van der Waals surface area contributed by atoms with Gasteiger partial charge in [0.05, 0.1) is 8.67 Å². The Kier molecular flexibility index (Phi) is 7.08. The summed E-state index contributed by atoms with van der Waals surface area (Å²) >= 11 is 3.60. The minimum Gasteiger partial charge on any atom is -0.252 e. The Labute approximate surface area is 103 Å². The second-order valence-electron chi connectivity index (χ2n) is 4.80. The molecule has 88 valence electrons. The number of alkyl halides is 1. The van der Waals surface area contributed by atoms with Crippen molar-refractivity contribution in [1.29, 1.82) is 0 Å². The standard InChI is InChI=1S/C11H27BrSSi/c1-9(2)13(10(3)4,11(5)6)14-8-7-12/h9-11H,7-8,14H2,1-6H3. The van der Waals surface area contributed by atoms with Crippen LogP contribution in [0.25, 0.3) is 0 Å². The highest BCUT2D eigenvalue weighted by atomic mass is 79.9. The molecule has 0 N–H and O–H groups in total. The lowest BCUT2D eigenvalue weighted by Crippen LogP contribution is -2.33. The molecule has 0 nitrogen and oxygen atoms in total. The van der Waals surface area contributed by atoms with Gasteiger partial charge in [0.25, 0.3) is 0 Å². The molecule has 0 atom stereocenters. The van der Waals surface area contributed by atoms with Gasteiger partial charge in [0, 0.05) is 5.33 Å². The molecule has 0 aromatic carbocycles. The molecule has 0 aliphatic heterocycles. The maximum absolute atomic E-state index is 3.60. The predicted molar refractivity (Wildman–Crippen MR) is 80.1 cm³/mol. The highest BCUT2D eigenvalue weighted by Crippen LogP contribution is 2.59. The van der Waals surface area contributed by atoms with Gasteiger partial charge in [-0.15, -0.1) is 0 Å². The van der Waals surface area contributed by atoms with Crippen LogP contribution in [-0.2, 0) is 0 Å². The van der Waals surface area contributed by atoms with E-state index in [4.69, 9.17) is 0 Å². The fourth-order valence-electron chi connectivity index (χ4n) is 2.64. The lowest BCUT2D eigenvalue weighted by Gasteiger charge is -2.51. The average molecular weight is 299 g/mol. The molecule has 0 saturated carbocycles. The summed E-state index contributed by atoms with van der Waals surface area (Å²) in [6, 6.07) is 1.48. The minimum absolute atomic E-state index is 0.112. The summed E-state index contributed by atoms with van der Waals surface area (Å²) in [6.45, 7) is 14.7. The zero-order valence-corrected chi connectivity index (χ0v) is 14.5. The fourth-order valence-corrected chi connectivity index (χ4v) is 16.1. The van der Waals surface area contributed by atoms with E-state index in [9.17, 15) is 0 Å². The lowest BCUT2D eigenvalue weighted by atomic mass is 10.5. The molecule has 0 aromatic heterocycles. The van der Waals surface area contributed by atoms with Crippen molar-refractivity contribution in [3.63, 3.8) is 0 Å². The van der Waals surface area contributed by atoms with Crippen LogP contribution in [0.4, 0.5) is 0 Å². The van der Waals surface area contributed by atoms with Gasteiger partial charge < -0.3 is 0 Å². The van der Waals surface area contributed by atoms with Crippen LogP contribution in [0.2, 0.25) is 6.04 Å². The van der Waals surface area contributed by atoms with Crippen LogP contribution in [-0.4, -0.2) is 29.7 Å². The van der Waals surface area contributed by atoms with E-state index in [1.165, 1.54) is 11.4 Å². The van der Waals surface area contributed by atoms with Gasteiger partial charge in [-0.3, -0.25) is 9.48 Å². The second-order valence-corrected chi connectivity index (χ2v) is 15.6. The van der Waals surface area contributed by atoms with Crippen molar-refractivity contribution in [2.24, 2.45) is 0 Å². The molecule has 0 fully saturated rings. The molecule has 0 rings (SSSR count). The van der Waals surface area contributed by atoms with Crippen LogP contribution in [0.15, 0.2) is 0 Å². The van der Waals surface area contributed by atoms with Gasteiger partial charge in [-0.2, -0.15) is 0 Å². The second kappa shape index (κ2) is 6.59. The molecule has 0 radical (unpaired) electrons. The molecule has 0 bridgehead atoms. The lowest BCUT2D eigenvalue weighted by molar-refractivity contribution is 0.963. The molecule has 0 saturated heterocycles. The molecule has 0 amide bonds. The van der Waals surface area contributed by atoms with Crippen LogP contribution >= 0.6 is 25.4 Å². The first-order valence-electron chi connectivity index (χ1n) is 5.73. The van der Waals surface area contributed by atoms with Crippen molar-refractivity contribution < 1.29 is 0 Å². The van der Waals surface area contributed by atoms with E-state index in [0.717, 1.165) is 15.7 Å². The van der Waals surface area contributed by atoms with Crippen LogP contribution < -0.4 is 0 Å². The summed E-state index contributed by atoms with van der Waals surface area (Å²) in [5, 5.41) is 4.00. The molecule has 0 heterocycles. The van der Waals surface area contributed by atoms with Crippen LogP contribution in [0.1, 0.15) is 41.5 Å². The van der Waals surface area contributed by atoms with Gasteiger partial charge in [-0.1, -0.05) is 57.5 Å². The maximum atomic E-state index is 3.60. The highest BCUT2D eigenvalue weighted by molar-refractivity contribution is 9.09. The Morgan fingerprint density at radius 2 is 1.29 bits per heavy atom. The molecule has 0 aromatic rings. The first-order chi connectivity index (χ1) is 6.39. The third-order valence-corrected chi connectivity index (χ3v) is 20.5. The summed E-state index contributed by atoms with van der Waals surface area (Å²) in [5.41, 5.74) is 0. The van der Waals surface area contributed by atoms with Crippen LogP contribution in [0, 0.1) is 0 Å². The number of halogens is 1. The Balaban J connectivity index is 4.76. The van der Waals surface area contributed by atoms with Crippen LogP contribution in [0.5, 0.6) is 0 Å². The van der Waals surface area contributed by atoms with Crippen molar-refractivity contribution in [1.82, 2.24) is 0 Å². The largest absolute Gasteiger partial charge is 0.252 e. The number of rotatable bonds is 6. The highest BCUT2D eigenvalue weighted by Gasteiger charge is 2.33. The monoisotopic (exact) mass is 298 g/mol. The Morgan fingerprint density at radius 3 is 1.50 bits per heavy atom. The predicted octanol–water partition coefficient (Wildman–Crippen LogP) is 3.91. The fraction of sp³-hybridized carbons (Fsp3) is 1.00. The van der Waals surface area contributed by atoms with Crippen molar-refractivity contribution >= 4 is 34.1 Å². The summed E-state index contributed by atoms with van der Waals surface area (Å²) in [4.78, 5) is 0. The Hall–Kier alpha value is 1.05. The van der Waals surface area contributed by atoms with E-state index in [2.05, 4.69) is 57.5 Å². The van der Waals surface area contributed by atoms with Gasteiger partial charge in [0.1, 0.15) is 0 Å². The van der Waals surface area contributed by atoms with Gasteiger partial charge in [0.2, 0.25) is 0 Å². The summed E-state index contributed by atoms with van der Waals surface area (Å²) in [6.07, 6.45) is 0. The zero-order chi connectivity index (χ0) is 11.4. The van der Waals surface area contributed by atoms with Crippen molar-refractivity contribution in [2.75, 3.05) is 5.33 Å². The summed E-state index contributed by atoms with van der Waals surface area (Å²) in [5.74, 6) is 0. The average Bonchev–Trinajstić information content (AvgIpc) is 2.03. The normalized spacial score (nSPS) is 15.3. The SMILES string of the molecule is CC(C)S([SiH2]CCBr)(C(C)C)C(C)C. The number of hydrogen-bond acceptors (Lipinski definition) is 0. The van der Waals surface area contributed by atoms with Gasteiger partial charge in [-0.25, -0.2) is 0 Å². The summed E-state index contributed by atoms with van der Waals surface area (Å²) < 4.78 is 0. The third-order valence-electron chi connectivity index (χ3n) is 3.26. The van der Waals surface area contributed by atoms with E-state index in [0.29, 0.717) is 0 Å². The topological polar surface area (TPSA) is 0 Å². The molecular formula is C11H27BrSSi. The first kappa shape index (κ1) is 15.0. The van der Waals surface area contributed by atoms with E-state index in [1.54, 1.807) is 0 Å². The molecule has 0 aliphatic rings. The van der Waals surface area contributed by atoms with Crippen molar-refractivity contribution in [3.05, 3.63) is 0 Å². The molecule has 0 unspecified atom stereocenters. The molecule has 0 aliphatic carbocycles. The molecule has 0 spiro atoms. The van der Waals surface area contributed by atoms with Crippen molar-refractivity contribution in [3.8, 4) is 0 Å². The number of hydrogen-bond donors (Lipinski definition) is 0. The molecule has 3 heteroatoms. The first-order valence-corrected chi connectivity index (χ1v) is 11.6. The Bertz CT molecular complexity index is 136. The van der Waals surface area contributed by atoms with E-state index < -0.39 is 0 Å². The zero-order valence-electron chi connectivity index (χ0n) is 10.6. The minimum atomic E-state index is -0.300. The molecular weight excluding hydrogens is 272 g/mol. The van der Waals surface area contributed by atoms with E-state index in [-0.39, 0.29) is 18.1 Å². The van der Waals surface area contributed by atoms with Gasteiger partial charge in [0.15, 0.2) is 0 Å². The third kappa shape index (κ3) is 3.27. The van der Waals surface area contributed by atoms with E-state index in [1.807, 2.05) is 0 Å². The molecule has 14 heavy (non-hydrogen) atoms. The van der Waals surface area contributed by atoms with E-state index >= 15 is 0 Å². The quantitative estimate of drug-likeness (QED) is 0.515. The summed E-state index contributed by atoms with van der Waals surface area (Å²) in [7, 11) is -0.187. The van der Waals surface area contributed by atoms with Crippen LogP contribution in [0.3, 0.4) is 0 Å². The Morgan fingerprint density at radius 1 is 0.929 bits per heavy atom. The van der Waals surface area contributed by atoms with Gasteiger partial charge in [-0.05, 0) is 21.8 Å². The van der Waals surface area contributed by atoms with Gasteiger partial charge >= 0.3 is 0 Å². The van der Waals surface area contributed by atoms with Crippen molar-refractivity contribution in [2.45, 2.75) is 63.3 Å². The maximum Gasteiger partial charge on any atom is 0.0672 e.